The monoisotopic (exact) mass is 461 g/mol. The van der Waals surface area contributed by atoms with Gasteiger partial charge in [0.25, 0.3) is 5.09 Å². The van der Waals surface area contributed by atoms with E-state index < -0.39 is 5.09 Å². The molecule has 0 aliphatic rings. The summed E-state index contributed by atoms with van der Waals surface area (Å²) in [4.78, 5) is 13.7. The second-order valence-electron chi connectivity index (χ2n) is 8.15. The van der Waals surface area contributed by atoms with Crippen LogP contribution in [0, 0.1) is 10.1 Å². The number of benzene rings is 2. The SMILES string of the molecule is CC(C)(C)c1ccc(CCC(Cn2ccnc2)Sc2ccccc2Cl)cc1.O=[N+]([O-])O. The topological polar surface area (TPSA) is 81.2 Å². The minimum absolute atomic E-state index is 0.197. The summed E-state index contributed by atoms with van der Waals surface area (Å²) in [5.41, 5.74) is 2.97. The number of hydrogen-bond acceptors (Lipinski definition) is 4. The van der Waals surface area contributed by atoms with E-state index in [2.05, 4.69) is 60.7 Å². The average Bonchev–Trinajstić information content (AvgIpc) is 3.20. The van der Waals surface area contributed by atoms with Gasteiger partial charge in [-0.15, -0.1) is 21.9 Å². The first-order valence-electron chi connectivity index (χ1n) is 9.95. The highest BCUT2D eigenvalue weighted by Gasteiger charge is 2.15. The lowest BCUT2D eigenvalue weighted by molar-refractivity contribution is -0.742. The molecule has 1 N–H and O–H groups in total. The van der Waals surface area contributed by atoms with E-state index in [1.807, 2.05) is 48.7 Å². The molecule has 0 saturated heterocycles. The molecule has 1 heterocycles. The van der Waals surface area contributed by atoms with Crippen LogP contribution in [0.4, 0.5) is 0 Å². The number of nitrogens with zero attached hydrogens (tertiary/aromatic N) is 3. The van der Waals surface area contributed by atoms with Crippen molar-refractivity contribution < 1.29 is 10.3 Å². The van der Waals surface area contributed by atoms with E-state index in [1.165, 1.54) is 11.1 Å². The second-order valence-corrected chi connectivity index (χ2v) is 9.90. The molecule has 166 valence electrons. The first kappa shape index (κ1) is 24.8. The molecule has 3 rings (SSSR count). The van der Waals surface area contributed by atoms with Crippen molar-refractivity contribution in [2.24, 2.45) is 0 Å². The summed E-state index contributed by atoms with van der Waals surface area (Å²) >= 11 is 8.25. The molecule has 6 nitrogen and oxygen atoms in total. The van der Waals surface area contributed by atoms with Crippen LogP contribution in [-0.4, -0.2) is 25.1 Å². The summed E-state index contributed by atoms with van der Waals surface area (Å²) in [6, 6.07) is 17.2. The summed E-state index contributed by atoms with van der Waals surface area (Å²) in [6.45, 7) is 7.69. The lowest BCUT2D eigenvalue weighted by Gasteiger charge is -2.20. The van der Waals surface area contributed by atoms with Gasteiger partial charge in [0, 0.05) is 29.1 Å². The first-order valence-corrected chi connectivity index (χ1v) is 11.2. The lowest BCUT2D eigenvalue weighted by atomic mass is 9.86. The maximum atomic E-state index is 8.36. The van der Waals surface area contributed by atoms with Crippen molar-refractivity contribution in [3.8, 4) is 0 Å². The molecule has 0 aliphatic carbocycles. The molecule has 0 saturated carbocycles. The highest BCUT2D eigenvalue weighted by atomic mass is 35.5. The zero-order chi connectivity index (χ0) is 22.9. The smallest absolute Gasteiger partial charge is 0.291 e. The molecule has 0 fully saturated rings. The van der Waals surface area contributed by atoms with Crippen molar-refractivity contribution in [1.82, 2.24) is 9.55 Å². The fourth-order valence-electron chi connectivity index (χ4n) is 3.04. The van der Waals surface area contributed by atoms with Gasteiger partial charge in [0.2, 0.25) is 0 Å². The number of aryl methyl sites for hydroxylation is 1. The van der Waals surface area contributed by atoms with Crippen LogP contribution in [0.25, 0.3) is 0 Å². The number of rotatable bonds is 7. The molecule has 0 amide bonds. The zero-order valence-corrected chi connectivity index (χ0v) is 19.5. The number of halogens is 1. The molecular weight excluding hydrogens is 434 g/mol. The highest BCUT2D eigenvalue weighted by Crippen LogP contribution is 2.33. The summed E-state index contributed by atoms with van der Waals surface area (Å²) in [7, 11) is 0. The van der Waals surface area contributed by atoms with Gasteiger partial charge in [-0.2, -0.15) is 0 Å². The van der Waals surface area contributed by atoms with Gasteiger partial charge in [-0.25, -0.2) is 4.98 Å². The van der Waals surface area contributed by atoms with Gasteiger partial charge in [0.15, 0.2) is 0 Å². The Labute approximate surface area is 192 Å². The van der Waals surface area contributed by atoms with Crippen LogP contribution >= 0.6 is 23.4 Å². The van der Waals surface area contributed by atoms with Gasteiger partial charge >= 0.3 is 0 Å². The van der Waals surface area contributed by atoms with Crippen molar-refractivity contribution in [1.29, 1.82) is 0 Å². The standard InChI is InChI=1S/C23H27ClN2S.HNO3/c1-23(2,3)19-11-8-18(9-12-19)10-13-20(16-26-15-14-25-17-26)27-22-7-5-4-6-21(22)24;2-1(3)4/h4-9,11-12,14-15,17,20H,10,13,16H2,1-3H3;(H,2,3,4). The number of thioether (sulfide) groups is 1. The number of hydrogen-bond donors (Lipinski definition) is 1. The average molecular weight is 462 g/mol. The Morgan fingerprint density at radius 3 is 2.39 bits per heavy atom. The molecular formula is C23H28ClN3O3S. The molecule has 1 aromatic heterocycles. The second kappa shape index (κ2) is 11.8. The Balaban J connectivity index is 0.000000785. The zero-order valence-electron chi connectivity index (χ0n) is 17.9. The third kappa shape index (κ3) is 9.02. The summed E-state index contributed by atoms with van der Waals surface area (Å²) in [5.74, 6) is 0. The maximum Gasteiger partial charge on any atom is 0.291 e. The largest absolute Gasteiger partial charge is 0.336 e. The highest BCUT2D eigenvalue weighted by molar-refractivity contribution is 8.00. The van der Waals surface area contributed by atoms with Gasteiger partial charge in [0.1, 0.15) is 0 Å². The fraction of sp³-hybridized carbons (Fsp3) is 0.348. The Hall–Kier alpha value is -2.51. The van der Waals surface area contributed by atoms with E-state index in [4.69, 9.17) is 26.9 Å². The van der Waals surface area contributed by atoms with E-state index in [1.54, 1.807) is 0 Å². The Kier molecular flexibility index (Phi) is 9.40. The molecule has 3 aromatic rings. The molecule has 1 atom stereocenters. The van der Waals surface area contributed by atoms with Crippen LogP contribution in [0.5, 0.6) is 0 Å². The van der Waals surface area contributed by atoms with E-state index in [-0.39, 0.29) is 5.41 Å². The minimum atomic E-state index is -1.50. The van der Waals surface area contributed by atoms with E-state index in [9.17, 15) is 0 Å². The van der Waals surface area contributed by atoms with Gasteiger partial charge in [-0.3, -0.25) is 0 Å². The quantitative estimate of drug-likeness (QED) is 0.254. The third-order valence-corrected chi connectivity index (χ3v) is 6.45. The van der Waals surface area contributed by atoms with Crippen LogP contribution in [-0.2, 0) is 18.4 Å². The molecule has 2 aromatic carbocycles. The van der Waals surface area contributed by atoms with Crippen LogP contribution in [0.3, 0.4) is 0 Å². The molecule has 0 radical (unpaired) electrons. The van der Waals surface area contributed by atoms with E-state index in [0.717, 1.165) is 29.3 Å². The predicted octanol–water partition coefficient (Wildman–Crippen LogP) is 6.28. The molecule has 0 bridgehead atoms. The molecule has 8 heteroatoms. The Morgan fingerprint density at radius 1 is 1.19 bits per heavy atom. The van der Waals surface area contributed by atoms with E-state index in [0.29, 0.717) is 5.25 Å². The van der Waals surface area contributed by atoms with Gasteiger partial charge < -0.3 is 9.77 Å². The normalized spacial score (nSPS) is 12.0. The summed E-state index contributed by atoms with van der Waals surface area (Å²) in [6.07, 6.45) is 7.89. The van der Waals surface area contributed by atoms with Crippen LogP contribution < -0.4 is 0 Å². The number of imidazole rings is 1. The minimum Gasteiger partial charge on any atom is -0.336 e. The predicted molar refractivity (Wildman–Crippen MR) is 126 cm³/mol. The Bertz CT molecular complexity index is 937. The summed E-state index contributed by atoms with van der Waals surface area (Å²) < 4.78 is 2.15. The molecule has 1 unspecified atom stereocenters. The van der Waals surface area contributed by atoms with Gasteiger partial charge in [0.05, 0.1) is 11.3 Å². The van der Waals surface area contributed by atoms with Crippen LogP contribution in [0.2, 0.25) is 5.02 Å². The Morgan fingerprint density at radius 2 is 1.84 bits per heavy atom. The molecule has 0 spiro atoms. The van der Waals surface area contributed by atoms with Crippen molar-refractivity contribution in [3.05, 3.63) is 93.5 Å². The summed E-state index contributed by atoms with van der Waals surface area (Å²) in [5, 5.41) is 14.9. The van der Waals surface area contributed by atoms with Crippen molar-refractivity contribution in [3.63, 3.8) is 0 Å². The van der Waals surface area contributed by atoms with Crippen molar-refractivity contribution in [2.75, 3.05) is 0 Å². The molecule has 0 aliphatic heterocycles. The van der Waals surface area contributed by atoms with E-state index >= 15 is 0 Å². The van der Waals surface area contributed by atoms with Crippen LogP contribution in [0.15, 0.2) is 72.1 Å². The van der Waals surface area contributed by atoms with Crippen molar-refractivity contribution in [2.45, 2.75) is 55.7 Å². The lowest BCUT2D eigenvalue weighted by Crippen LogP contribution is -2.14. The fourth-order valence-corrected chi connectivity index (χ4v) is 4.48. The van der Waals surface area contributed by atoms with Gasteiger partial charge in [-0.1, -0.05) is 68.8 Å². The van der Waals surface area contributed by atoms with Gasteiger partial charge in [-0.05, 0) is 41.5 Å². The first-order chi connectivity index (χ1) is 14.6. The van der Waals surface area contributed by atoms with Crippen molar-refractivity contribution >= 4 is 23.4 Å². The maximum absolute atomic E-state index is 8.36. The third-order valence-electron chi connectivity index (χ3n) is 4.68. The number of aromatic nitrogens is 2. The molecule has 31 heavy (non-hydrogen) atoms. The van der Waals surface area contributed by atoms with Crippen LogP contribution in [0.1, 0.15) is 38.3 Å².